The second-order valence-corrected chi connectivity index (χ2v) is 14.8. The SMILES string of the molecule is c1ccc(-c2ccc(-c3ccc(N(c4ccc(-c5c6ccccc6cc6sc7ccccc7c56)cc4)c4cccc(-c5ccccc5)c4)cc3)cc2)cc1. The van der Waals surface area contributed by atoms with Crippen molar-refractivity contribution in [2.45, 2.75) is 0 Å². The smallest absolute Gasteiger partial charge is 0.0467 e. The summed E-state index contributed by atoms with van der Waals surface area (Å²) >= 11 is 1.88. The minimum Gasteiger partial charge on any atom is -0.310 e. The maximum absolute atomic E-state index is 2.37. The average Bonchev–Trinajstić information content (AvgIpc) is 3.62. The van der Waals surface area contributed by atoms with Crippen LogP contribution < -0.4 is 4.90 Å². The van der Waals surface area contributed by atoms with Gasteiger partial charge in [-0.3, -0.25) is 0 Å². The van der Waals surface area contributed by atoms with E-state index in [1.807, 2.05) is 11.3 Å². The zero-order valence-electron chi connectivity index (χ0n) is 29.6. The van der Waals surface area contributed by atoms with E-state index < -0.39 is 0 Å². The molecule has 54 heavy (non-hydrogen) atoms. The highest BCUT2D eigenvalue weighted by atomic mass is 32.1. The number of rotatable bonds is 7. The number of thiophene rings is 1. The molecule has 0 atom stereocenters. The molecular weight excluding hydrogens is 671 g/mol. The van der Waals surface area contributed by atoms with Crippen LogP contribution in [0.15, 0.2) is 212 Å². The number of anilines is 3. The lowest BCUT2D eigenvalue weighted by Crippen LogP contribution is -2.10. The van der Waals surface area contributed by atoms with E-state index in [-0.39, 0.29) is 0 Å². The Hall–Kier alpha value is -6.74. The van der Waals surface area contributed by atoms with Crippen LogP contribution in [0.1, 0.15) is 0 Å². The molecule has 9 aromatic carbocycles. The molecule has 0 fully saturated rings. The first-order valence-electron chi connectivity index (χ1n) is 18.4. The second kappa shape index (κ2) is 13.7. The van der Waals surface area contributed by atoms with Gasteiger partial charge in [0.05, 0.1) is 0 Å². The van der Waals surface area contributed by atoms with Crippen LogP contribution in [-0.4, -0.2) is 0 Å². The minimum atomic E-state index is 1.11. The number of hydrogen-bond donors (Lipinski definition) is 0. The van der Waals surface area contributed by atoms with Crippen LogP contribution >= 0.6 is 11.3 Å². The van der Waals surface area contributed by atoms with Gasteiger partial charge in [0.25, 0.3) is 0 Å². The molecule has 0 unspecified atom stereocenters. The standard InChI is InChI=1S/C52H35NS/c1-3-12-36(13-4-1)38-22-24-39(25-23-38)40-26-30-44(31-27-40)53(46-18-11-17-42(34-46)37-14-5-2-6-15-37)45-32-28-41(29-33-45)51-47-19-8-7-16-43(47)35-50-52(51)48-20-9-10-21-49(48)54-50/h1-35H. The van der Waals surface area contributed by atoms with Gasteiger partial charge < -0.3 is 4.90 Å². The summed E-state index contributed by atoms with van der Waals surface area (Å²) in [4.78, 5) is 2.37. The van der Waals surface area contributed by atoms with Gasteiger partial charge in [0.2, 0.25) is 0 Å². The van der Waals surface area contributed by atoms with E-state index in [1.54, 1.807) is 0 Å². The Labute approximate surface area is 319 Å². The van der Waals surface area contributed by atoms with Crippen LogP contribution in [-0.2, 0) is 0 Å². The molecule has 10 rings (SSSR count). The van der Waals surface area contributed by atoms with Crippen LogP contribution in [0.2, 0.25) is 0 Å². The predicted molar refractivity (Wildman–Crippen MR) is 233 cm³/mol. The topological polar surface area (TPSA) is 3.24 Å². The van der Waals surface area contributed by atoms with Crippen molar-refractivity contribution in [2.75, 3.05) is 4.90 Å². The molecule has 0 saturated carbocycles. The fraction of sp³-hybridized carbons (Fsp3) is 0. The third-order valence-electron chi connectivity index (χ3n) is 10.5. The van der Waals surface area contributed by atoms with Crippen molar-refractivity contribution in [3.63, 3.8) is 0 Å². The molecule has 10 aromatic rings. The molecule has 0 N–H and O–H groups in total. The normalized spacial score (nSPS) is 11.3. The summed E-state index contributed by atoms with van der Waals surface area (Å²) in [7, 11) is 0. The van der Waals surface area contributed by atoms with E-state index in [2.05, 4.69) is 217 Å². The third kappa shape index (κ3) is 5.84. The van der Waals surface area contributed by atoms with Gasteiger partial charge in [-0.25, -0.2) is 0 Å². The van der Waals surface area contributed by atoms with E-state index in [0.717, 1.165) is 17.1 Å². The lowest BCUT2D eigenvalue weighted by atomic mass is 9.93. The number of hydrogen-bond acceptors (Lipinski definition) is 2. The van der Waals surface area contributed by atoms with E-state index in [1.165, 1.54) is 75.5 Å². The fourth-order valence-electron chi connectivity index (χ4n) is 7.82. The summed E-state index contributed by atoms with van der Waals surface area (Å²) in [5, 5.41) is 5.20. The number of nitrogens with zero attached hydrogens (tertiary/aromatic N) is 1. The average molecular weight is 706 g/mol. The fourth-order valence-corrected chi connectivity index (χ4v) is 8.98. The first-order chi connectivity index (χ1) is 26.8. The summed E-state index contributed by atoms with van der Waals surface area (Å²) in [6, 6.07) is 77.0. The van der Waals surface area contributed by atoms with E-state index in [0.29, 0.717) is 0 Å². The largest absolute Gasteiger partial charge is 0.310 e. The summed E-state index contributed by atoms with van der Waals surface area (Å²) in [6.45, 7) is 0. The van der Waals surface area contributed by atoms with Gasteiger partial charge in [0, 0.05) is 37.2 Å². The van der Waals surface area contributed by atoms with Crippen molar-refractivity contribution in [1.29, 1.82) is 0 Å². The van der Waals surface area contributed by atoms with Gasteiger partial charge in [0.15, 0.2) is 0 Å². The summed E-state index contributed by atoms with van der Waals surface area (Å²) in [6.07, 6.45) is 0. The zero-order chi connectivity index (χ0) is 35.8. The van der Waals surface area contributed by atoms with Crippen LogP contribution in [0.25, 0.3) is 75.5 Å². The quantitative estimate of drug-likeness (QED) is 0.160. The highest BCUT2D eigenvalue weighted by molar-refractivity contribution is 7.26. The molecule has 1 aromatic heterocycles. The molecule has 0 aliphatic heterocycles. The van der Waals surface area contributed by atoms with E-state index in [4.69, 9.17) is 0 Å². The van der Waals surface area contributed by atoms with Gasteiger partial charge in [-0.1, -0.05) is 164 Å². The van der Waals surface area contributed by atoms with Crippen molar-refractivity contribution in [1.82, 2.24) is 0 Å². The molecule has 0 amide bonds. The van der Waals surface area contributed by atoms with Crippen molar-refractivity contribution in [3.8, 4) is 44.5 Å². The van der Waals surface area contributed by atoms with E-state index >= 15 is 0 Å². The minimum absolute atomic E-state index is 1.11. The Bertz CT molecular complexity index is 2890. The highest BCUT2D eigenvalue weighted by Crippen LogP contribution is 2.45. The zero-order valence-corrected chi connectivity index (χ0v) is 30.4. The molecule has 1 heterocycles. The molecule has 1 nitrogen and oxygen atoms in total. The molecule has 0 saturated heterocycles. The first kappa shape index (κ1) is 32.0. The monoisotopic (exact) mass is 705 g/mol. The Morgan fingerprint density at radius 3 is 1.43 bits per heavy atom. The van der Waals surface area contributed by atoms with Gasteiger partial charge >= 0.3 is 0 Å². The van der Waals surface area contributed by atoms with Crippen LogP contribution in [0.4, 0.5) is 17.1 Å². The molecular formula is C52H35NS. The van der Waals surface area contributed by atoms with Crippen molar-refractivity contribution in [3.05, 3.63) is 212 Å². The van der Waals surface area contributed by atoms with Gasteiger partial charge in [0.1, 0.15) is 0 Å². The van der Waals surface area contributed by atoms with Crippen molar-refractivity contribution < 1.29 is 0 Å². The Kier molecular flexibility index (Phi) is 8.09. The van der Waals surface area contributed by atoms with Crippen LogP contribution in [0.5, 0.6) is 0 Å². The molecule has 254 valence electrons. The predicted octanol–water partition coefficient (Wildman–Crippen LogP) is 15.3. The summed E-state index contributed by atoms with van der Waals surface area (Å²) in [5.41, 5.74) is 13.1. The van der Waals surface area contributed by atoms with Gasteiger partial charge in [-0.15, -0.1) is 11.3 Å². The Balaban J connectivity index is 1.07. The molecule has 0 bridgehead atoms. The molecule has 0 radical (unpaired) electrons. The van der Waals surface area contributed by atoms with Gasteiger partial charge in [-0.05, 0) is 104 Å². The summed E-state index contributed by atoms with van der Waals surface area (Å²) in [5.74, 6) is 0. The second-order valence-electron chi connectivity index (χ2n) is 13.7. The molecule has 0 aliphatic carbocycles. The maximum atomic E-state index is 2.37. The lowest BCUT2D eigenvalue weighted by Gasteiger charge is -2.26. The molecule has 0 aliphatic rings. The maximum Gasteiger partial charge on any atom is 0.0467 e. The van der Waals surface area contributed by atoms with E-state index in [9.17, 15) is 0 Å². The molecule has 2 heteroatoms. The highest BCUT2D eigenvalue weighted by Gasteiger charge is 2.18. The third-order valence-corrected chi connectivity index (χ3v) is 11.6. The Morgan fingerprint density at radius 1 is 0.296 bits per heavy atom. The van der Waals surface area contributed by atoms with Crippen molar-refractivity contribution in [2.24, 2.45) is 0 Å². The summed E-state index contributed by atoms with van der Waals surface area (Å²) < 4.78 is 2.64. The number of benzene rings is 9. The van der Waals surface area contributed by atoms with Crippen molar-refractivity contribution >= 4 is 59.3 Å². The lowest BCUT2D eigenvalue weighted by molar-refractivity contribution is 1.28. The molecule has 0 spiro atoms. The van der Waals surface area contributed by atoms with Crippen LogP contribution in [0, 0.1) is 0 Å². The number of fused-ring (bicyclic) bond motifs is 4. The Morgan fingerprint density at radius 2 is 0.778 bits per heavy atom. The van der Waals surface area contributed by atoms with Crippen LogP contribution in [0.3, 0.4) is 0 Å². The van der Waals surface area contributed by atoms with Gasteiger partial charge in [-0.2, -0.15) is 0 Å². The first-order valence-corrected chi connectivity index (χ1v) is 19.2.